The van der Waals surface area contributed by atoms with Crippen molar-refractivity contribution in [3.63, 3.8) is 0 Å². The zero-order valence-corrected chi connectivity index (χ0v) is 12.3. The Kier molecular flexibility index (Phi) is 8.89. The van der Waals surface area contributed by atoms with Gasteiger partial charge in [-0.1, -0.05) is 13.3 Å². The molecule has 0 saturated carbocycles. The van der Waals surface area contributed by atoms with Crippen LogP contribution >= 0.6 is 0 Å². The topological polar surface area (TPSA) is 50.7 Å². The largest absolute Gasteiger partial charge is 0.389 e. The fourth-order valence-corrected chi connectivity index (χ4v) is 1.61. The summed E-state index contributed by atoms with van der Waals surface area (Å²) in [7, 11) is 0. The summed E-state index contributed by atoms with van der Waals surface area (Å²) in [6.07, 6.45) is 1.30. The summed E-state index contributed by atoms with van der Waals surface area (Å²) in [6, 6.07) is 3.12. The van der Waals surface area contributed by atoms with Gasteiger partial charge in [0.1, 0.15) is 11.6 Å². The van der Waals surface area contributed by atoms with Crippen LogP contribution in [0.25, 0.3) is 0 Å². The summed E-state index contributed by atoms with van der Waals surface area (Å²) in [5.41, 5.74) is 0.0250. The van der Waals surface area contributed by atoms with Crippen molar-refractivity contribution in [3.8, 4) is 0 Å². The smallest absolute Gasteiger partial charge is 0.146 e. The van der Waals surface area contributed by atoms with E-state index in [4.69, 9.17) is 9.47 Å². The first-order valence-corrected chi connectivity index (χ1v) is 7.16. The van der Waals surface area contributed by atoms with E-state index in [0.717, 1.165) is 31.0 Å². The predicted octanol–water partition coefficient (Wildman–Crippen LogP) is 2.57. The van der Waals surface area contributed by atoms with E-state index in [1.165, 1.54) is 0 Å². The van der Waals surface area contributed by atoms with Crippen molar-refractivity contribution < 1.29 is 23.4 Å². The molecule has 1 aromatic carbocycles. The monoisotopic (exact) mass is 303 g/mol. The molecule has 0 aliphatic heterocycles. The Hall–Kier alpha value is -1.24. The minimum atomic E-state index is -0.802. The van der Waals surface area contributed by atoms with E-state index in [0.29, 0.717) is 19.8 Å². The van der Waals surface area contributed by atoms with E-state index < -0.39 is 17.7 Å². The number of nitrogens with one attached hydrogen (secondary N) is 1. The maximum atomic E-state index is 13.3. The zero-order chi connectivity index (χ0) is 15.5. The summed E-state index contributed by atoms with van der Waals surface area (Å²) in [5.74, 6) is -1.09. The van der Waals surface area contributed by atoms with E-state index in [1.807, 2.05) is 0 Å². The number of benzene rings is 1. The molecule has 0 bridgehead atoms. The highest BCUT2D eigenvalue weighted by Gasteiger charge is 2.07. The third-order valence-electron chi connectivity index (χ3n) is 2.78. The highest BCUT2D eigenvalue weighted by molar-refractivity contribution is 5.44. The maximum Gasteiger partial charge on any atom is 0.146 e. The quantitative estimate of drug-likeness (QED) is 0.617. The minimum Gasteiger partial charge on any atom is -0.389 e. The molecule has 0 spiro atoms. The summed E-state index contributed by atoms with van der Waals surface area (Å²) in [6.45, 7) is 3.87. The molecule has 0 fully saturated rings. The second kappa shape index (κ2) is 10.5. The molecule has 0 aliphatic rings. The number of ether oxygens (including phenoxy) is 2. The standard InChI is InChI=1S/C15H23F2NO3/c1-2-3-6-20-7-8-21-11-13(19)10-18-15-9-12(16)4-5-14(15)17/h4-5,9,13,18-19H,2-3,6-8,10-11H2,1H3. The van der Waals surface area contributed by atoms with Gasteiger partial charge in [-0.05, 0) is 24.6 Å². The number of rotatable bonds is 11. The van der Waals surface area contributed by atoms with E-state index in [-0.39, 0.29) is 18.8 Å². The Balaban J connectivity index is 2.11. The van der Waals surface area contributed by atoms with Crippen LogP contribution in [0.4, 0.5) is 14.5 Å². The molecule has 0 amide bonds. The molecule has 21 heavy (non-hydrogen) atoms. The fraction of sp³-hybridized carbons (Fsp3) is 0.600. The van der Waals surface area contributed by atoms with Gasteiger partial charge in [-0.2, -0.15) is 0 Å². The van der Waals surface area contributed by atoms with Crippen LogP contribution in [0.1, 0.15) is 19.8 Å². The predicted molar refractivity (Wildman–Crippen MR) is 77.4 cm³/mol. The van der Waals surface area contributed by atoms with Crippen LogP contribution in [-0.4, -0.2) is 44.2 Å². The Morgan fingerprint density at radius 3 is 2.71 bits per heavy atom. The summed E-state index contributed by atoms with van der Waals surface area (Å²) in [5, 5.41) is 12.3. The number of aliphatic hydroxyl groups is 1. The fourth-order valence-electron chi connectivity index (χ4n) is 1.61. The van der Waals surface area contributed by atoms with Crippen LogP contribution in [0.3, 0.4) is 0 Å². The summed E-state index contributed by atoms with van der Waals surface area (Å²) >= 11 is 0. The average Bonchev–Trinajstić information content (AvgIpc) is 2.47. The lowest BCUT2D eigenvalue weighted by molar-refractivity contribution is 0.00748. The van der Waals surface area contributed by atoms with Gasteiger partial charge in [0.2, 0.25) is 0 Å². The first-order chi connectivity index (χ1) is 10.1. The molecular formula is C15H23F2NO3. The Bertz CT molecular complexity index is 405. The lowest BCUT2D eigenvalue weighted by Gasteiger charge is -2.14. The molecule has 1 aromatic rings. The van der Waals surface area contributed by atoms with Crippen molar-refractivity contribution in [2.24, 2.45) is 0 Å². The van der Waals surface area contributed by atoms with Crippen molar-refractivity contribution in [1.82, 2.24) is 0 Å². The first kappa shape index (κ1) is 17.8. The molecule has 0 radical (unpaired) electrons. The number of hydrogen-bond donors (Lipinski definition) is 2. The number of anilines is 1. The van der Waals surface area contributed by atoms with Crippen molar-refractivity contribution in [2.45, 2.75) is 25.9 Å². The van der Waals surface area contributed by atoms with Gasteiger partial charge < -0.3 is 19.9 Å². The first-order valence-electron chi connectivity index (χ1n) is 7.16. The van der Waals surface area contributed by atoms with Crippen molar-refractivity contribution in [3.05, 3.63) is 29.8 Å². The average molecular weight is 303 g/mol. The number of unbranched alkanes of at least 4 members (excludes halogenated alkanes) is 1. The van der Waals surface area contributed by atoms with Gasteiger partial charge in [0.25, 0.3) is 0 Å². The second-order valence-corrected chi connectivity index (χ2v) is 4.70. The van der Waals surface area contributed by atoms with Gasteiger partial charge >= 0.3 is 0 Å². The number of halogens is 2. The third-order valence-corrected chi connectivity index (χ3v) is 2.78. The second-order valence-electron chi connectivity index (χ2n) is 4.70. The van der Waals surface area contributed by atoms with E-state index >= 15 is 0 Å². The molecule has 1 atom stereocenters. The van der Waals surface area contributed by atoms with Gasteiger partial charge in [0.15, 0.2) is 0 Å². The lowest BCUT2D eigenvalue weighted by Crippen LogP contribution is -2.26. The van der Waals surface area contributed by atoms with E-state index in [2.05, 4.69) is 12.2 Å². The van der Waals surface area contributed by atoms with Crippen molar-refractivity contribution in [2.75, 3.05) is 38.3 Å². The number of hydrogen-bond acceptors (Lipinski definition) is 4. The SMILES string of the molecule is CCCCOCCOCC(O)CNc1cc(F)ccc1F. The van der Waals surface area contributed by atoms with E-state index in [9.17, 15) is 13.9 Å². The Morgan fingerprint density at radius 2 is 1.95 bits per heavy atom. The van der Waals surface area contributed by atoms with Crippen molar-refractivity contribution >= 4 is 5.69 Å². The van der Waals surface area contributed by atoms with E-state index in [1.54, 1.807) is 0 Å². The lowest BCUT2D eigenvalue weighted by atomic mass is 10.3. The molecule has 0 heterocycles. The number of aliphatic hydroxyl groups excluding tert-OH is 1. The third kappa shape index (κ3) is 7.94. The molecule has 0 aliphatic carbocycles. The highest BCUT2D eigenvalue weighted by atomic mass is 19.1. The molecule has 0 aromatic heterocycles. The summed E-state index contributed by atoms with van der Waals surface area (Å²) < 4.78 is 36.8. The van der Waals surface area contributed by atoms with Crippen LogP contribution < -0.4 is 5.32 Å². The van der Waals surface area contributed by atoms with Crippen LogP contribution in [0.15, 0.2) is 18.2 Å². The minimum absolute atomic E-state index is 0.0250. The molecule has 0 saturated heterocycles. The molecule has 1 rings (SSSR count). The summed E-state index contributed by atoms with van der Waals surface area (Å²) in [4.78, 5) is 0. The van der Waals surface area contributed by atoms with Crippen LogP contribution in [-0.2, 0) is 9.47 Å². The Morgan fingerprint density at radius 1 is 1.19 bits per heavy atom. The maximum absolute atomic E-state index is 13.3. The molecule has 120 valence electrons. The van der Waals surface area contributed by atoms with Crippen LogP contribution in [0.2, 0.25) is 0 Å². The van der Waals surface area contributed by atoms with Gasteiger partial charge in [0.05, 0.1) is 31.6 Å². The Labute approximate surface area is 124 Å². The van der Waals surface area contributed by atoms with Crippen LogP contribution in [0, 0.1) is 11.6 Å². The normalized spacial score (nSPS) is 12.4. The highest BCUT2D eigenvalue weighted by Crippen LogP contribution is 2.14. The molecule has 1 unspecified atom stereocenters. The molecular weight excluding hydrogens is 280 g/mol. The van der Waals surface area contributed by atoms with Crippen molar-refractivity contribution in [1.29, 1.82) is 0 Å². The van der Waals surface area contributed by atoms with Gasteiger partial charge in [-0.25, -0.2) is 8.78 Å². The van der Waals surface area contributed by atoms with Gasteiger partial charge in [-0.3, -0.25) is 0 Å². The molecule has 4 nitrogen and oxygen atoms in total. The molecule has 2 N–H and O–H groups in total. The van der Waals surface area contributed by atoms with Crippen LogP contribution in [0.5, 0.6) is 0 Å². The molecule has 6 heteroatoms. The van der Waals surface area contributed by atoms with Gasteiger partial charge in [0, 0.05) is 13.2 Å². The zero-order valence-electron chi connectivity index (χ0n) is 12.3. The van der Waals surface area contributed by atoms with Gasteiger partial charge in [-0.15, -0.1) is 0 Å².